The largest absolute Gasteiger partial charge is 0.367 e. The summed E-state index contributed by atoms with van der Waals surface area (Å²) in [5.74, 6) is 1.06. The van der Waals surface area contributed by atoms with Crippen molar-refractivity contribution in [2.24, 2.45) is 7.05 Å². The van der Waals surface area contributed by atoms with E-state index in [-0.39, 0.29) is 12.0 Å². The third-order valence-electron chi connectivity index (χ3n) is 4.97. The van der Waals surface area contributed by atoms with Gasteiger partial charge >= 0.3 is 0 Å². The Kier molecular flexibility index (Phi) is 4.18. The van der Waals surface area contributed by atoms with Gasteiger partial charge in [-0.15, -0.1) is 11.3 Å². The number of thiophene rings is 1. The molecule has 1 aliphatic heterocycles. The average molecular weight is 345 g/mol. The van der Waals surface area contributed by atoms with E-state index in [2.05, 4.69) is 10.4 Å². The van der Waals surface area contributed by atoms with Crippen LogP contribution in [0.2, 0.25) is 0 Å². The number of rotatable bonds is 2. The SMILES string of the molecule is Cc1cn(C)c(C2CN(C(=O)c3csc4c3CCCC4)CCO2)n1. The number of carbonyl (C=O) groups excluding carboxylic acids is 1. The molecule has 2 aromatic heterocycles. The van der Waals surface area contributed by atoms with E-state index in [9.17, 15) is 4.79 Å². The summed E-state index contributed by atoms with van der Waals surface area (Å²) in [6.07, 6.45) is 6.48. The summed E-state index contributed by atoms with van der Waals surface area (Å²) < 4.78 is 7.89. The minimum atomic E-state index is -0.143. The van der Waals surface area contributed by atoms with E-state index < -0.39 is 0 Å². The minimum absolute atomic E-state index is 0.143. The van der Waals surface area contributed by atoms with Crippen molar-refractivity contribution in [3.8, 4) is 0 Å². The second-order valence-electron chi connectivity index (χ2n) is 6.72. The van der Waals surface area contributed by atoms with Crippen LogP contribution in [0, 0.1) is 6.92 Å². The molecule has 0 aromatic carbocycles. The fourth-order valence-corrected chi connectivity index (χ4v) is 4.89. The third-order valence-corrected chi connectivity index (χ3v) is 6.05. The summed E-state index contributed by atoms with van der Waals surface area (Å²) in [5, 5.41) is 2.06. The number of hydrogen-bond donors (Lipinski definition) is 0. The molecule has 0 spiro atoms. The molecule has 1 atom stereocenters. The predicted molar refractivity (Wildman–Crippen MR) is 93.5 cm³/mol. The lowest BCUT2D eigenvalue weighted by atomic mass is 9.95. The van der Waals surface area contributed by atoms with E-state index in [4.69, 9.17) is 4.74 Å². The minimum Gasteiger partial charge on any atom is -0.367 e. The smallest absolute Gasteiger partial charge is 0.255 e. The van der Waals surface area contributed by atoms with Gasteiger partial charge in [0.25, 0.3) is 5.91 Å². The number of morpholine rings is 1. The van der Waals surface area contributed by atoms with Gasteiger partial charge in [-0.25, -0.2) is 4.98 Å². The van der Waals surface area contributed by atoms with Crippen molar-refractivity contribution in [2.75, 3.05) is 19.7 Å². The van der Waals surface area contributed by atoms with Gasteiger partial charge in [-0.05, 0) is 38.2 Å². The van der Waals surface area contributed by atoms with Crippen LogP contribution in [0.5, 0.6) is 0 Å². The Morgan fingerprint density at radius 2 is 2.21 bits per heavy atom. The fraction of sp³-hybridized carbons (Fsp3) is 0.556. The van der Waals surface area contributed by atoms with E-state index in [1.807, 2.05) is 29.6 Å². The number of imidazole rings is 1. The molecule has 0 N–H and O–H groups in total. The number of ether oxygens (including phenoxy) is 1. The highest BCUT2D eigenvalue weighted by Crippen LogP contribution is 2.32. The first-order chi connectivity index (χ1) is 11.6. The van der Waals surface area contributed by atoms with Gasteiger partial charge in [0.1, 0.15) is 11.9 Å². The van der Waals surface area contributed by atoms with Crippen molar-refractivity contribution < 1.29 is 9.53 Å². The number of carbonyl (C=O) groups is 1. The highest BCUT2D eigenvalue weighted by atomic mass is 32.1. The van der Waals surface area contributed by atoms with Crippen molar-refractivity contribution in [3.63, 3.8) is 0 Å². The van der Waals surface area contributed by atoms with Gasteiger partial charge in [-0.2, -0.15) is 0 Å². The molecular formula is C18H23N3O2S. The molecule has 2 aliphatic rings. The molecule has 5 nitrogen and oxygen atoms in total. The zero-order valence-electron chi connectivity index (χ0n) is 14.2. The normalized spacial score (nSPS) is 20.9. The first kappa shape index (κ1) is 15.8. The molecular weight excluding hydrogens is 322 g/mol. The Morgan fingerprint density at radius 1 is 1.38 bits per heavy atom. The number of aryl methyl sites for hydroxylation is 3. The number of nitrogens with zero attached hydrogens (tertiary/aromatic N) is 3. The van der Waals surface area contributed by atoms with Gasteiger partial charge in [-0.1, -0.05) is 0 Å². The Bertz CT molecular complexity index is 764. The molecule has 1 fully saturated rings. The summed E-state index contributed by atoms with van der Waals surface area (Å²) in [5.41, 5.74) is 3.20. The molecule has 3 heterocycles. The Hall–Kier alpha value is -1.66. The zero-order chi connectivity index (χ0) is 16.7. The molecule has 6 heteroatoms. The van der Waals surface area contributed by atoms with Crippen LogP contribution in [0.15, 0.2) is 11.6 Å². The van der Waals surface area contributed by atoms with Crippen LogP contribution in [-0.4, -0.2) is 40.1 Å². The lowest BCUT2D eigenvalue weighted by molar-refractivity contribution is -0.0279. The number of aromatic nitrogens is 2. The second-order valence-corrected chi connectivity index (χ2v) is 7.68. The molecule has 1 aliphatic carbocycles. The molecule has 1 saturated heterocycles. The van der Waals surface area contributed by atoms with Gasteiger partial charge in [-0.3, -0.25) is 4.79 Å². The summed E-state index contributed by atoms with van der Waals surface area (Å²) in [6, 6.07) is 0. The van der Waals surface area contributed by atoms with Crippen molar-refractivity contribution in [3.05, 3.63) is 39.1 Å². The second kappa shape index (κ2) is 6.33. The van der Waals surface area contributed by atoms with Crippen LogP contribution in [0.4, 0.5) is 0 Å². The highest BCUT2D eigenvalue weighted by molar-refractivity contribution is 7.10. The molecule has 1 amide bonds. The first-order valence-corrected chi connectivity index (χ1v) is 9.51. The topological polar surface area (TPSA) is 47.4 Å². The molecule has 2 aromatic rings. The Morgan fingerprint density at radius 3 is 3.00 bits per heavy atom. The van der Waals surface area contributed by atoms with E-state index in [1.54, 1.807) is 11.3 Å². The maximum atomic E-state index is 13.0. The summed E-state index contributed by atoms with van der Waals surface area (Å²) >= 11 is 1.75. The number of hydrogen-bond acceptors (Lipinski definition) is 4. The van der Waals surface area contributed by atoms with Crippen LogP contribution in [0.3, 0.4) is 0 Å². The lowest BCUT2D eigenvalue weighted by Crippen LogP contribution is -2.43. The molecule has 128 valence electrons. The zero-order valence-corrected chi connectivity index (χ0v) is 15.1. The molecule has 24 heavy (non-hydrogen) atoms. The van der Waals surface area contributed by atoms with Crippen molar-refractivity contribution in [1.82, 2.24) is 14.5 Å². The van der Waals surface area contributed by atoms with E-state index >= 15 is 0 Å². The van der Waals surface area contributed by atoms with E-state index in [0.29, 0.717) is 19.7 Å². The maximum absolute atomic E-state index is 13.0. The fourth-order valence-electron chi connectivity index (χ4n) is 3.77. The number of amides is 1. The first-order valence-electron chi connectivity index (χ1n) is 8.63. The van der Waals surface area contributed by atoms with Crippen molar-refractivity contribution in [2.45, 2.75) is 38.7 Å². The van der Waals surface area contributed by atoms with Gasteiger partial charge < -0.3 is 14.2 Å². The molecule has 4 rings (SSSR count). The molecule has 0 saturated carbocycles. The number of fused-ring (bicyclic) bond motifs is 1. The van der Waals surface area contributed by atoms with Crippen molar-refractivity contribution >= 4 is 17.2 Å². The van der Waals surface area contributed by atoms with Crippen LogP contribution in [-0.2, 0) is 24.6 Å². The van der Waals surface area contributed by atoms with Crippen LogP contribution >= 0.6 is 11.3 Å². The highest BCUT2D eigenvalue weighted by Gasteiger charge is 2.30. The van der Waals surface area contributed by atoms with Crippen LogP contribution in [0.25, 0.3) is 0 Å². The Balaban J connectivity index is 1.55. The van der Waals surface area contributed by atoms with Gasteiger partial charge in [0.05, 0.1) is 24.4 Å². The standard InChI is InChI=1S/C18H23N3O2S/c1-12-9-20(2)17(19-12)15-10-21(7-8-23-15)18(22)14-11-24-16-6-4-3-5-13(14)16/h9,11,15H,3-8,10H2,1-2H3. The summed E-state index contributed by atoms with van der Waals surface area (Å²) in [4.78, 5) is 21.0. The van der Waals surface area contributed by atoms with Gasteiger partial charge in [0.2, 0.25) is 0 Å². The van der Waals surface area contributed by atoms with Gasteiger partial charge in [0.15, 0.2) is 0 Å². The van der Waals surface area contributed by atoms with E-state index in [1.165, 1.54) is 23.3 Å². The van der Waals surface area contributed by atoms with E-state index in [0.717, 1.165) is 29.9 Å². The summed E-state index contributed by atoms with van der Waals surface area (Å²) in [6.45, 7) is 3.78. The quantitative estimate of drug-likeness (QED) is 0.841. The monoisotopic (exact) mass is 345 g/mol. The maximum Gasteiger partial charge on any atom is 0.255 e. The van der Waals surface area contributed by atoms with Gasteiger partial charge in [0, 0.05) is 30.0 Å². The lowest BCUT2D eigenvalue weighted by Gasteiger charge is -2.32. The Labute approximate surface area is 146 Å². The van der Waals surface area contributed by atoms with Crippen LogP contribution in [0.1, 0.15) is 51.3 Å². The molecule has 0 bridgehead atoms. The predicted octanol–water partition coefficient (Wildman–Crippen LogP) is 2.88. The molecule has 0 radical (unpaired) electrons. The average Bonchev–Trinajstić information content (AvgIpc) is 3.17. The summed E-state index contributed by atoms with van der Waals surface area (Å²) in [7, 11) is 1.98. The van der Waals surface area contributed by atoms with Crippen LogP contribution < -0.4 is 0 Å². The van der Waals surface area contributed by atoms with Crippen molar-refractivity contribution in [1.29, 1.82) is 0 Å². The molecule has 1 unspecified atom stereocenters. The third kappa shape index (κ3) is 2.78.